The Hall–Kier alpha value is -0.710. The summed E-state index contributed by atoms with van der Waals surface area (Å²) < 4.78 is 0. The molecular weight excluding hydrogens is 292 g/mol. The molecule has 0 saturated heterocycles. The minimum atomic E-state index is -0.869. The highest BCUT2D eigenvalue weighted by molar-refractivity contribution is 5.86. The Morgan fingerprint density at radius 3 is 2.52 bits per heavy atom. The summed E-state index contributed by atoms with van der Waals surface area (Å²) in [4.78, 5) is 12.2. The van der Waals surface area contributed by atoms with E-state index in [0.29, 0.717) is 18.8 Å². The molecule has 0 aliphatic heterocycles. The van der Waals surface area contributed by atoms with E-state index in [1.165, 1.54) is 5.57 Å². The van der Waals surface area contributed by atoms with Crippen LogP contribution < -0.4 is 0 Å². The number of rotatable bonds is 0. The number of hydrogen-bond acceptors (Lipinski definition) is 4. The maximum atomic E-state index is 12.2. The molecule has 0 spiro atoms. The fourth-order valence-electron chi connectivity index (χ4n) is 6.40. The molecular formula is C19H28O4. The van der Waals surface area contributed by atoms with Gasteiger partial charge in [0, 0.05) is 11.8 Å². The average molecular weight is 320 g/mol. The van der Waals surface area contributed by atoms with Crippen molar-refractivity contribution in [2.45, 2.75) is 70.7 Å². The number of aliphatic hydroxyl groups excluding tert-OH is 3. The third-order valence-electron chi connectivity index (χ3n) is 7.89. The van der Waals surface area contributed by atoms with E-state index in [1.807, 2.05) is 13.0 Å². The predicted octanol–water partition coefficient (Wildman–Crippen LogP) is 1.82. The van der Waals surface area contributed by atoms with Crippen LogP contribution in [0.3, 0.4) is 0 Å². The zero-order chi connectivity index (χ0) is 16.6. The Morgan fingerprint density at radius 1 is 1.04 bits per heavy atom. The van der Waals surface area contributed by atoms with Gasteiger partial charge in [0.2, 0.25) is 0 Å². The van der Waals surface area contributed by atoms with E-state index in [9.17, 15) is 20.1 Å². The molecule has 4 aliphatic carbocycles. The van der Waals surface area contributed by atoms with Crippen molar-refractivity contribution in [2.24, 2.45) is 28.6 Å². The van der Waals surface area contributed by atoms with Gasteiger partial charge in [0.1, 0.15) is 6.10 Å². The Balaban J connectivity index is 1.75. The molecule has 3 N–H and O–H groups in total. The molecule has 128 valence electrons. The molecule has 23 heavy (non-hydrogen) atoms. The van der Waals surface area contributed by atoms with Crippen molar-refractivity contribution < 1.29 is 20.1 Å². The normalized spacial score (nSPS) is 55.7. The van der Waals surface area contributed by atoms with Crippen molar-refractivity contribution in [1.82, 2.24) is 0 Å². The van der Waals surface area contributed by atoms with E-state index in [4.69, 9.17) is 0 Å². The smallest absolute Gasteiger partial charge is 0.162 e. The first-order valence-corrected chi connectivity index (χ1v) is 9.05. The molecule has 4 nitrogen and oxygen atoms in total. The zero-order valence-corrected chi connectivity index (χ0v) is 14.0. The standard InChI is InChI=1S/C19H28O4/c1-18-5-3-11(20)7-10(18)8-14(21)16-12(18)4-6-19(2)13(16)9-15(22)17(19)23/h8,11-14,16-17,20-21,23H,3-7,9H2,1-2H3/t11-,12-,13-,14-,16+,17-,18-,19-/m0/s1. The van der Waals surface area contributed by atoms with Gasteiger partial charge in [0.15, 0.2) is 5.78 Å². The van der Waals surface area contributed by atoms with Gasteiger partial charge in [-0.25, -0.2) is 0 Å². The first-order valence-electron chi connectivity index (χ1n) is 9.05. The van der Waals surface area contributed by atoms with Gasteiger partial charge in [-0.2, -0.15) is 0 Å². The van der Waals surface area contributed by atoms with Gasteiger partial charge in [-0.3, -0.25) is 4.79 Å². The molecule has 0 heterocycles. The van der Waals surface area contributed by atoms with Gasteiger partial charge in [0.25, 0.3) is 0 Å². The third kappa shape index (κ3) is 1.98. The lowest BCUT2D eigenvalue weighted by molar-refractivity contribution is -0.130. The van der Waals surface area contributed by atoms with Crippen LogP contribution >= 0.6 is 0 Å². The Bertz CT molecular complexity index is 570. The summed E-state index contributed by atoms with van der Waals surface area (Å²) in [5.74, 6) is 0.421. The summed E-state index contributed by atoms with van der Waals surface area (Å²) in [6.45, 7) is 4.31. The van der Waals surface area contributed by atoms with E-state index in [-0.39, 0.29) is 34.6 Å². The van der Waals surface area contributed by atoms with Crippen LogP contribution in [0.15, 0.2) is 11.6 Å². The van der Waals surface area contributed by atoms with E-state index in [1.54, 1.807) is 0 Å². The van der Waals surface area contributed by atoms with Crippen LogP contribution in [-0.4, -0.2) is 39.4 Å². The monoisotopic (exact) mass is 320 g/mol. The molecule has 4 aliphatic rings. The number of Topliss-reactive ketones (excluding diaryl/α,β-unsaturated/α-hetero) is 1. The highest BCUT2D eigenvalue weighted by Gasteiger charge is 2.62. The van der Waals surface area contributed by atoms with Crippen LogP contribution in [-0.2, 0) is 4.79 Å². The number of ketones is 1. The molecule has 0 amide bonds. The predicted molar refractivity (Wildman–Crippen MR) is 85.5 cm³/mol. The molecule has 4 rings (SSSR count). The van der Waals surface area contributed by atoms with Gasteiger partial charge in [0.05, 0.1) is 12.2 Å². The lowest BCUT2D eigenvalue weighted by Gasteiger charge is -2.58. The van der Waals surface area contributed by atoms with Crippen molar-refractivity contribution in [3.63, 3.8) is 0 Å². The summed E-state index contributed by atoms with van der Waals surface area (Å²) >= 11 is 0. The Kier molecular flexibility index (Phi) is 3.37. The second-order valence-electron chi connectivity index (χ2n) is 8.90. The third-order valence-corrected chi connectivity index (χ3v) is 7.89. The molecule has 0 aromatic carbocycles. The topological polar surface area (TPSA) is 77.8 Å². The molecule has 4 heteroatoms. The second kappa shape index (κ2) is 4.90. The highest BCUT2D eigenvalue weighted by atomic mass is 16.3. The van der Waals surface area contributed by atoms with Gasteiger partial charge >= 0.3 is 0 Å². The lowest BCUT2D eigenvalue weighted by atomic mass is 9.47. The number of hydrogen-bond donors (Lipinski definition) is 3. The first-order chi connectivity index (χ1) is 10.8. The largest absolute Gasteiger partial charge is 0.393 e. The number of carbonyl (C=O) groups excluding carboxylic acids is 1. The second-order valence-corrected chi connectivity index (χ2v) is 8.90. The zero-order valence-electron chi connectivity index (χ0n) is 14.0. The quantitative estimate of drug-likeness (QED) is 0.595. The van der Waals surface area contributed by atoms with Crippen LogP contribution in [0, 0.1) is 28.6 Å². The van der Waals surface area contributed by atoms with E-state index < -0.39 is 12.2 Å². The molecule has 0 bridgehead atoms. The SMILES string of the molecule is C[C@]12CC[C@H]3[C@@H]([C@@H](O)C=C4C[C@@H](O)CC[C@@]43C)[C@@H]1CC(=O)[C@@H]2O. The molecule has 8 atom stereocenters. The molecule has 0 aromatic rings. The summed E-state index contributed by atoms with van der Waals surface area (Å²) in [6, 6.07) is 0. The first kappa shape index (κ1) is 15.8. The summed E-state index contributed by atoms with van der Waals surface area (Å²) in [5, 5.41) is 31.2. The van der Waals surface area contributed by atoms with E-state index in [2.05, 4.69) is 6.92 Å². The highest BCUT2D eigenvalue weighted by Crippen LogP contribution is 2.64. The van der Waals surface area contributed by atoms with Gasteiger partial charge in [-0.05, 0) is 55.3 Å². The van der Waals surface area contributed by atoms with Crippen molar-refractivity contribution in [2.75, 3.05) is 0 Å². The fraction of sp³-hybridized carbons (Fsp3) is 0.842. The van der Waals surface area contributed by atoms with E-state index in [0.717, 1.165) is 25.7 Å². The average Bonchev–Trinajstić information content (AvgIpc) is 2.73. The number of carbonyl (C=O) groups is 1. The summed E-state index contributed by atoms with van der Waals surface area (Å²) in [6.07, 6.45) is 4.88. The van der Waals surface area contributed by atoms with Gasteiger partial charge in [-0.1, -0.05) is 25.5 Å². The molecule has 3 fully saturated rings. The lowest BCUT2D eigenvalue weighted by Crippen LogP contribution is -2.55. The number of aliphatic hydroxyl groups is 3. The maximum Gasteiger partial charge on any atom is 0.162 e. The minimum absolute atomic E-state index is 0.0288. The summed E-state index contributed by atoms with van der Waals surface area (Å²) in [7, 11) is 0. The van der Waals surface area contributed by atoms with Crippen molar-refractivity contribution in [1.29, 1.82) is 0 Å². The molecule has 3 saturated carbocycles. The van der Waals surface area contributed by atoms with Crippen LogP contribution in [0.2, 0.25) is 0 Å². The van der Waals surface area contributed by atoms with Gasteiger partial charge < -0.3 is 15.3 Å². The van der Waals surface area contributed by atoms with Gasteiger partial charge in [-0.15, -0.1) is 0 Å². The van der Waals surface area contributed by atoms with Crippen LogP contribution in [0.5, 0.6) is 0 Å². The maximum absolute atomic E-state index is 12.2. The van der Waals surface area contributed by atoms with Crippen molar-refractivity contribution in [3.8, 4) is 0 Å². The van der Waals surface area contributed by atoms with Crippen LogP contribution in [0.1, 0.15) is 52.4 Å². The molecule has 0 unspecified atom stereocenters. The van der Waals surface area contributed by atoms with Crippen LogP contribution in [0.4, 0.5) is 0 Å². The molecule has 0 aromatic heterocycles. The number of fused-ring (bicyclic) bond motifs is 5. The minimum Gasteiger partial charge on any atom is -0.393 e. The Morgan fingerprint density at radius 2 is 1.78 bits per heavy atom. The van der Waals surface area contributed by atoms with E-state index >= 15 is 0 Å². The van der Waals surface area contributed by atoms with Crippen molar-refractivity contribution in [3.05, 3.63) is 11.6 Å². The van der Waals surface area contributed by atoms with Crippen molar-refractivity contribution >= 4 is 5.78 Å². The Labute approximate surface area is 137 Å². The van der Waals surface area contributed by atoms with Crippen LogP contribution in [0.25, 0.3) is 0 Å². The molecule has 0 radical (unpaired) electrons. The summed E-state index contributed by atoms with van der Waals surface area (Å²) in [5.41, 5.74) is 0.856. The fourth-order valence-corrected chi connectivity index (χ4v) is 6.40.